The number of benzene rings is 4. The van der Waals surface area contributed by atoms with Gasteiger partial charge in [-0.2, -0.15) is 0 Å². The molecule has 0 saturated carbocycles. The first-order valence-corrected chi connectivity index (χ1v) is 11.5. The van der Waals surface area contributed by atoms with Crippen LogP contribution in [0, 0.1) is 0 Å². The predicted octanol–water partition coefficient (Wildman–Crippen LogP) is 7.20. The number of nitrogens with zero attached hydrogens (tertiary/aromatic N) is 1. The summed E-state index contributed by atoms with van der Waals surface area (Å²) >= 11 is 0. The van der Waals surface area contributed by atoms with Gasteiger partial charge >= 0.3 is 0 Å². The van der Waals surface area contributed by atoms with Crippen LogP contribution in [-0.2, 0) is 0 Å². The molecule has 0 radical (unpaired) electrons. The molecule has 0 spiro atoms. The molecule has 35 heavy (non-hydrogen) atoms. The Morgan fingerprint density at radius 2 is 1.20 bits per heavy atom. The number of H-pyrrole nitrogens is 1. The molecule has 170 valence electrons. The predicted molar refractivity (Wildman–Crippen MR) is 143 cm³/mol. The van der Waals surface area contributed by atoms with Crippen LogP contribution in [0.1, 0.15) is 22.4 Å². The molecule has 0 unspecified atom stereocenters. The van der Waals surface area contributed by atoms with Crippen molar-refractivity contribution in [3.63, 3.8) is 0 Å². The Hall–Kier alpha value is -4.57. The van der Waals surface area contributed by atoms with Gasteiger partial charge in [0.2, 0.25) is 0 Å². The highest BCUT2D eigenvalue weighted by Gasteiger charge is 2.22. The molecule has 0 aliphatic carbocycles. The van der Waals surface area contributed by atoms with E-state index in [9.17, 15) is 0 Å². The van der Waals surface area contributed by atoms with E-state index in [4.69, 9.17) is 14.5 Å². The lowest BCUT2D eigenvalue weighted by Crippen LogP contribution is -2.00. The Balaban J connectivity index is 1.49. The second-order valence-electron chi connectivity index (χ2n) is 8.45. The van der Waals surface area contributed by atoms with Crippen molar-refractivity contribution in [2.75, 3.05) is 14.2 Å². The lowest BCUT2D eigenvalue weighted by atomic mass is 9.99. The first kappa shape index (κ1) is 21.0. The maximum atomic E-state index is 5.34. The van der Waals surface area contributed by atoms with Crippen molar-refractivity contribution in [3.05, 3.63) is 119 Å². The van der Waals surface area contributed by atoms with E-state index >= 15 is 0 Å². The van der Waals surface area contributed by atoms with E-state index < -0.39 is 0 Å². The van der Waals surface area contributed by atoms with Gasteiger partial charge in [-0.15, -0.1) is 0 Å². The average Bonchev–Trinajstić information content (AvgIpc) is 3.48. The topological polar surface area (TPSA) is 46.6 Å². The van der Waals surface area contributed by atoms with Crippen LogP contribution in [0.4, 0.5) is 0 Å². The third-order valence-corrected chi connectivity index (χ3v) is 6.46. The van der Waals surface area contributed by atoms with Crippen molar-refractivity contribution in [1.82, 2.24) is 4.98 Å². The summed E-state index contributed by atoms with van der Waals surface area (Å²) in [4.78, 5) is 8.76. The van der Waals surface area contributed by atoms with Gasteiger partial charge in [0, 0.05) is 33.2 Å². The quantitative estimate of drug-likeness (QED) is 0.304. The van der Waals surface area contributed by atoms with Crippen molar-refractivity contribution < 1.29 is 9.47 Å². The van der Waals surface area contributed by atoms with E-state index in [2.05, 4.69) is 83.9 Å². The number of hydrogen-bond acceptors (Lipinski definition) is 3. The molecular formula is C31H24N2O2. The molecule has 1 aliphatic heterocycles. The molecule has 0 atom stereocenters. The minimum atomic E-state index is 0.834. The number of ether oxygens (including phenoxy) is 2. The lowest BCUT2D eigenvalue weighted by Gasteiger charge is -2.04. The molecular weight excluding hydrogens is 432 g/mol. The van der Waals surface area contributed by atoms with Gasteiger partial charge in [0.1, 0.15) is 11.5 Å². The van der Waals surface area contributed by atoms with E-state index in [1.54, 1.807) is 14.2 Å². The number of aromatic nitrogens is 1. The molecule has 4 nitrogen and oxygen atoms in total. The highest BCUT2D eigenvalue weighted by atomic mass is 16.5. The minimum absolute atomic E-state index is 0.834. The Labute approximate surface area is 204 Å². The number of aliphatic imine (C=N–C) groups is 1. The van der Waals surface area contributed by atoms with Crippen LogP contribution in [0.2, 0.25) is 0 Å². The first-order chi connectivity index (χ1) is 17.2. The van der Waals surface area contributed by atoms with Gasteiger partial charge in [-0.1, -0.05) is 48.5 Å². The molecule has 0 bridgehead atoms. The van der Waals surface area contributed by atoms with Gasteiger partial charge in [0.15, 0.2) is 0 Å². The van der Waals surface area contributed by atoms with Gasteiger partial charge in [0.25, 0.3) is 0 Å². The summed E-state index contributed by atoms with van der Waals surface area (Å²) in [5.74, 6) is 1.68. The molecule has 1 aliphatic rings. The van der Waals surface area contributed by atoms with E-state index in [-0.39, 0.29) is 0 Å². The molecule has 0 amide bonds. The maximum absolute atomic E-state index is 5.34. The number of fused-ring (bicyclic) bond motifs is 2. The second-order valence-corrected chi connectivity index (χ2v) is 8.45. The van der Waals surface area contributed by atoms with E-state index in [0.29, 0.717) is 0 Å². The fourth-order valence-electron chi connectivity index (χ4n) is 4.67. The Morgan fingerprint density at radius 1 is 0.629 bits per heavy atom. The smallest absolute Gasteiger partial charge is 0.118 e. The van der Waals surface area contributed by atoms with Gasteiger partial charge in [-0.25, -0.2) is 4.99 Å². The molecule has 4 aromatic carbocycles. The van der Waals surface area contributed by atoms with Gasteiger partial charge in [0.05, 0.1) is 31.3 Å². The summed E-state index contributed by atoms with van der Waals surface area (Å²) in [7, 11) is 3.36. The third kappa shape index (κ3) is 3.69. The molecule has 0 fully saturated rings. The fourth-order valence-corrected chi connectivity index (χ4v) is 4.67. The van der Waals surface area contributed by atoms with Crippen LogP contribution < -0.4 is 9.47 Å². The largest absolute Gasteiger partial charge is 0.497 e. The summed E-state index contributed by atoms with van der Waals surface area (Å²) < 4.78 is 10.7. The zero-order valence-corrected chi connectivity index (χ0v) is 19.6. The molecule has 4 heteroatoms. The maximum Gasteiger partial charge on any atom is 0.118 e. The molecule has 1 N–H and O–H groups in total. The Morgan fingerprint density at radius 3 is 1.86 bits per heavy atom. The highest BCUT2D eigenvalue weighted by molar-refractivity contribution is 6.22. The van der Waals surface area contributed by atoms with Crippen LogP contribution in [0.3, 0.4) is 0 Å². The summed E-state index contributed by atoms with van der Waals surface area (Å²) in [5, 5.41) is 2.34. The first-order valence-electron chi connectivity index (χ1n) is 11.5. The minimum Gasteiger partial charge on any atom is -0.497 e. The van der Waals surface area contributed by atoms with Crippen LogP contribution >= 0.6 is 0 Å². The van der Waals surface area contributed by atoms with Crippen molar-refractivity contribution in [2.24, 2.45) is 4.99 Å². The number of rotatable bonds is 5. The fraction of sp³-hybridized carbons (Fsp3) is 0.0645. The molecule has 6 rings (SSSR count). The zero-order valence-electron chi connectivity index (χ0n) is 19.6. The standard InChI is InChI=1S/C31H24N2O2/c1-34-22-15-11-20(12-16-22)30-26-9-5-3-7-24(26)28(32-30)19-29-25-8-4-6-10-27(25)31(33-29)21-13-17-23(35-2)18-14-21/h3-19,32H,1-2H3. The molecule has 0 saturated heterocycles. The number of aromatic amines is 1. The number of methoxy groups -OCH3 is 2. The monoisotopic (exact) mass is 456 g/mol. The number of hydrogen-bond donors (Lipinski definition) is 1. The lowest BCUT2D eigenvalue weighted by molar-refractivity contribution is 0.414. The van der Waals surface area contributed by atoms with Crippen LogP contribution in [-0.4, -0.2) is 24.9 Å². The molecule has 2 heterocycles. The summed E-state index contributed by atoms with van der Waals surface area (Å²) in [5.41, 5.74) is 8.48. The SMILES string of the molecule is COc1ccc(C2=NC(=Cc3[nH]c(-c4ccc(OC)cc4)c4ccccc34)c3ccccc32)cc1. The summed E-state index contributed by atoms with van der Waals surface area (Å²) in [6.07, 6.45) is 2.16. The Bertz CT molecular complexity index is 1590. The van der Waals surface area contributed by atoms with Gasteiger partial charge < -0.3 is 14.5 Å². The van der Waals surface area contributed by atoms with Crippen LogP contribution in [0.5, 0.6) is 11.5 Å². The average molecular weight is 457 g/mol. The number of nitrogens with one attached hydrogen (secondary N) is 1. The zero-order chi connectivity index (χ0) is 23.8. The normalized spacial score (nSPS) is 13.7. The summed E-state index contributed by atoms with van der Waals surface area (Å²) in [6, 6.07) is 33.1. The van der Waals surface area contributed by atoms with Crippen molar-refractivity contribution >= 4 is 28.3 Å². The van der Waals surface area contributed by atoms with Gasteiger partial charge in [-0.05, 0) is 60.2 Å². The van der Waals surface area contributed by atoms with Crippen LogP contribution in [0.25, 0.3) is 33.8 Å². The van der Waals surface area contributed by atoms with Crippen LogP contribution in [0.15, 0.2) is 102 Å². The van der Waals surface area contributed by atoms with Gasteiger partial charge in [-0.3, -0.25) is 0 Å². The Kier molecular flexibility index (Phi) is 5.19. The van der Waals surface area contributed by atoms with E-state index in [1.165, 1.54) is 5.39 Å². The second kappa shape index (κ2) is 8.65. The summed E-state index contributed by atoms with van der Waals surface area (Å²) in [6.45, 7) is 0. The van der Waals surface area contributed by atoms with E-state index in [1.807, 2.05) is 24.3 Å². The molecule has 5 aromatic rings. The highest BCUT2D eigenvalue weighted by Crippen LogP contribution is 2.37. The molecule has 1 aromatic heterocycles. The van der Waals surface area contributed by atoms with Crippen molar-refractivity contribution in [1.29, 1.82) is 0 Å². The third-order valence-electron chi connectivity index (χ3n) is 6.46. The van der Waals surface area contributed by atoms with E-state index in [0.717, 1.165) is 61.9 Å². The van der Waals surface area contributed by atoms with Crippen molar-refractivity contribution in [3.8, 4) is 22.8 Å². The van der Waals surface area contributed by atoms with Crippen molar-refractivity contribution in [2.45, 2.75) is 0 Å².